The highest BCUT2D eigenvalue weighted by atomic mass is 16.3. The van der Waals surface area contributed by atoms with E-state index >= 15 is 0 Å². The van der Waals surface area contributed by atoms with Gasteiger partial charge in [0.05, 0.1) is 0 Å². The maximum atomic E-state index is 9.97. The summed E-state index contributed by atoms with van der Waals surface area (Å²) in [5, 5.41) is 9.97. The van der Waals surface area contributed by atoms with Crippen LogP contribution in [0.1, 0.15) is 53.5 Å². The minimum atomic E-state index is -0.498. The summed E-state index contributed by atoms with van der Waals surface area (Å²) in [6.45, 7) is 12.9. The van der Waals surface area contributed by atoms with Crippen molar-refractivity contribution < 1.29 is 5.11 Å². The zero-order chi connectivity index (χ0) is 12.1. The molecular weight excluding hydrogens is 188 g/mol. The van der Waals surface area contributed by atoms with E-state index in [9.17, 15) is 5.11 Å². The van der Waals surface area contributed by atoms with Crippen molar-refractivity contribution >= 4 is 0 Å². The fraction of sp³-hybridized carbons (Fsp3) is 0.750. The summed E-state index contributed by atoms with van der Waals surface area (Å²) >= 11 is 0. The highest BCUT2D eigenvalue weighted by Gasteiger charge is 2.26. The van der Waals surface area contributed by atoms with Crippen molar-refractivity contribution in [3.8, 4) is 0 Å². The van der Waals surface area contributed by atoms with Gasteiger partial charge in [0.25, 0.3) is 0 Å². The number of rotatable bonds is 2. The third-order valence-corrected chi connectivity index (χ3v) is 2.15. The largest absolute Gasteiger partial charge is 0.385 e. The Bertz CT molecular complexity index is 273. The molecule has 15 heavy (non-hydrogen) atoms. The van der Waals surface area contributed by atoms with E-state index in [1.807, 2.05) is 52.3 Å². The molecule has 0 saturated carbocycles. The molecule has 3 heteroatoms. The average molecular weight is 212 g/mol. The average Bonchev–Trinajstić information content (AvgIpc) is 2.65. The molecule has 0 radical (unpaired) electrons. The van der Waals surface area contributed by atoms with Crippen LogP contribution in [-0.2, 0) is 6.54 Å². The zero-order valence-electron chi connectivity index (χ0n) is 10.8. The third-order valence-electron chi connectivity index (χ3n) is 2.15. The number of aryl methyl sites for hydroxylation is 1. The molecule has 1 heterocycles. The summed E-state index contributed by atoms with van der Waals surface area (Å²) in [4.78, 5) is 4.17. The van der Waals surface area contributed by atoms with E-state index < -0.39 is 6.10 Å². The van der Waals surface area contributed by atoms with E-state index in [1.165, 1.54) is 0 Å². The highest BCUT2D eigenvalue weighted by Crippen LogP contribution is 2.31. The van der Waals surface area contributed by atoms with Crippen molar-refractivity contribution in [1.29, 1.82) is 0 Å². The second-order valence-corrected chi connectivity index (χ2v) is 4.34. The summed E-state index contributed by atoms with van der Waals surface area (Å²) < 4.78 is 1.97. The van der Waals surface area contributed by atoms with E-state index in [-0.39, 0.29) is 5.41 Å². The number of aliphatic hydroxyl groups is 1. The lowest BCUT2D eigenvalue weighted by molar-refractivity contribution is 0.0519. The second kappa shape index (κ2) is 5.91. The van der Waals surface area contributed by atoms with E-state index in [0.29, 0.717) is 0 Å². The number of nitrogens with zero attached hydrogens (tertiary/aromatic N) is 2. The molecule has 1 rings (SSSR count). The molecule has 0 bridgehead atoms. The van der Waals surface area contributed by atoms with Gasteiger partial charge in [-0.1, -0.05) is 34.6 Å². The highest BCUT2D eigenvalue weighted by molar-refractivity contribution is 5.00. The van der Waals surface area contributed by atoms with Crippen molar-refractivity contribution in [3.63, 3.8) is 0 Å². The standard InChI is InChI=1S/C10H18N2O.C2H6/c1-5-12-7-6-11-9(12)8(13)10(2,3)4;1-2/h6-8,13H,5H2,1-4H3;1-2H3/t8-;/m0./s1. The van der Waals surface area contributed by atoms with Crippen LogP contribution in [0, 0.1) is 5.41 Å². The molecule has 0 aliphatic heterocycles. The molecule has 0 aromatic carbocycles. The molecule has 0 saturated heterocycles. The zero-order valence-corrected chi connectivity index (χ0v) is 10.8. The van der Waals surface area contributed by atoms with Gasteiger partial charge in [0.15, 0.2) is 0 Å². The summed E-state index contributed by atoms with van der Waals surface area (Å²) in [6, 6.07) is 0. The lowest BCUT2D eigenvalue weighted by Crippen LogP contribution is -2.21. The molecule has 0 amide bonds. The summed E-state index contributed by atoms with van der Waals surface area (Å²) in [5.41, 5.74) is -0.154. The maximum Gasteiger partial charge on any atom is 0.138 e. The molecule has 88 valence electrons. The predicted octanol–water partition coefficient (Wildman–Crippen LogP) is 3.01. The van der Waals surface area contributed by atoms with Gasteiger partial charge in [-0.3, -0.25) is 0 Å². The Balaban J connectivity index is 0.000000921. The van der Waals surface area contributed by atoms with Gasteiger partial charge in [-0.05, 0) is 12.3 Å². The predicted molar refractivity (Wildman–Crippen MR) is 63.7 cm³/mol. The van der Waals surface area contributed by atoms with E-state index in [4.69, 9.17) is 0 Å². The number of hydrogen-bond acceptors (Lipinski definition) is 2. The van der Waals surface area contributed by atoms with Crippen molar-refractivity contribution in [2.24, 2.45) is 5.41 Å². The van der Waals surface area contributed by atoms with Crippen LogP contribution in [0.2, 0.25) is 0 Å². The molecule has 0 aliphatic carbocycles. The van der Waals surface area contributed by atoms with Crippen LogP contribution in [0.15, 0.2) is 12.4 Å². The van der Waals surface area contributed by atoms with E-state index in [2.05, 4.69) is 4.98 Å². The van der Waals surface area contributed by atoms with Gasteiger partial charge >= 0.3 is 0 Å². The van der Waals surface area contributed by atoms with Crippen LogP contribution in [-0.4, -0.2) is 14.7 Å². The van der Waals surface area contributed by atoms with Crippen molar-refractivity contribution in [1.82, 2.24) is 9.55 Å². The third kappa shape index (κ3) is 3.67. The molecule has 3 nitrogen and oxygen atoms in total. The van der Waals surface area contributed by atoms with E-state index in [1.54, 1.807) is 6.20 Å². The Hall–Kier alpha value is -0.830. The topological polar surface area (TPSA) is 38.0 Å². The van der Waals surface area contributed by atoms with Gasteiger partial charge in [-0.15, -0.1) is 0 Å². The fourth-order valence-corrected chi connectivity index (χ4v) is 1.22. The molecule has 0 fully saturated rings. The molecule has 1 N–H and O–H groups in total. The molecule has 0 aliphatic rings. The monoisotopic (exact) mass is 212 g/mol. The van der Waals surface area contributed by atoms with Gasteiger partial charge in [-0.2, -0.15) is 0 Å². The summed E-state index contributed by atoms with van der Waals surface area (Å²) in [7, 11) is 0. The van der Waals surface area contributed by atoms with Gasteiger partial charge < -0.3 is 9.67 Å². The number of aliphatic hydroxyl groups excluding tert-OH is 1. The first-order valence-corrected chi connectivity index (χ1v) is 5.66. The number of imidazole rings is 1. The number of hydrogen-bond donors (Lipinski definition) is 1. The molecule has 0 spiro atoms. The lowest BCUT2D eigenvalue weighted by atomic mass is 9.88. The molecular formula is C12H24N2O. The quantitative estimate of drug-likeness (QED) is 0.818. The minimum absolute atomic E-state index is 0.154. The van der Waals surface area contributed by atoms with Crippen molar-refractivity contribution in [2.75, 3.05) is 0 Å². The Kier molecular flexibility index (Phi) is 5.58. The fourth-order valence-electron chi connectivity index (χ4n) is 1.22. The Labute approximate surface area is 93.2 Å². The smallest absolute Gasteiger partial charge is 0.138 e. The first kappa shape index (κ1) is 14.2. The maximum absolute atomic E-state index is 9.97. The van der Waals surface area contributed by atoms with Gasteiger partial charge in [0, 0.05) is 18.9 Å². The van der Waals surface area contributed by atoms with Gasteiger partial charge in [-0.25, -0.2) is 4.98 Å². The number of aromatic nitrogens is 2. The molecule has 0 unspecified atom stereocenters. The van der Waals surface area contributed by atoms with Crippen LogP contribution in [0.5, 0.6) is 0 Å². The summed E-state index contributed by atoms with van der Waals surface area (Å²) in [5.74, 6) is 0.759. The van der Waals surface area contributed by atoms with Gasteiger partial charge in [0.1, 0.15) is 11.9 Å². The normalized spacial score (nSPS) is 13.0. The molecule has 1 atom stereocenters. The van der Waals surface area contributed by atoms with Crippen LogP contribution >= 0.6 is 0 Å². The first-order valence-electron chi connectivity index (χ1n) is 5.66. The second-order valence-electron chi connectivity index (χ2n) is 4.34. The van der Waals surface area contributed by atoms with Crippen LogP contribution in [0.3, 0.4) is 0 Å². The van der Waals surface area contributed by atoms with Gasteiger partial charge in [0.2, 0.25) is 0 Å². The van der Waals surface area contributed by atoms with Crippen LogP contribution in [0.4, 0.5) is 0 Å². The van der Waals surface area contributed by atoms with Crippen LogP contribution in [0.25, 0.3) is 0 Å². The summed E-state index contributed by atoms with van der Waals surface area (Å²) in [6.07, 6.45) is 3.13. The Morgan fingerprint density at radius 2 is 1.93 bits per heavy atom. The minimum Gasteiger partial charge on any atom is -0.385 e. The SMILES string of the molecule is CC.CCn1ccnc1[C@H](O)C(C)(C)C. The van der Waals surface area contributed by atoms with E-state index in [0.717, 1.165) is 12.4 Å². The van der Waals surface area contributed by atoms with Crippen LogP contribution < -0.4 is 0 Å². The Morgan fingerprint density at radius 1 is 1.40 bits per heavy atom. The first-order chi connectivity index (χ1) is 6.96. The molecule has 1 aromatic heterocycles. The Morgan fingerprint density at radius 3 is 2.33 bits per heavy atom. The lowest BCUT2D eigenvalue weighted by Gasteiger charge is -2.25. The molecule has 1 aromatic rings. The van der Waals surface area contributed by atoms with Crippen molar-refractivity contribution in [3.05, 3.63) is 18.2 Å². The van der Waals surface area contributed by atoms with Crippen molar-refractivity contribution in [2.45, 2.75) is 54.2 Å².